The average Bonchev–Trinajstić information content (AvgIpc) is 3.67. The van der Waals surface area contributed by atoms with E-state index in [0.29, 0.717) is 30.0 Å². The molecule has 3 unspecified atom stereocenters. The molecule has 3 saturated carbocycles. The summed E-state index contributed by atoms with van der Waals surface area (Å²) in [6, 6.07) is 0.277. The summed E-state index contributed by atoms with van der Waals surface area (Å²) >= 11 is 0. The zero-order valence-electron chi connectivity index (χ0n) is 18.7. The van der Waals surface area contributed by atoms with Crippen LogP contribution < -0.4 is 0 Å². The van der Waals surface area contributed by atoms with E-state index in [1.165, 1.54) is 23.8 Å². The summed E-state index contributed by atoms with van der Waals surface area (Å²) in [7, 11) is -1.17. The summed E-state index contributed by atoms with van der Waals surface area (Å²) in [5.41, 5.74) is 3.00. The predicted molar refractivity (Wildman–Crippen MR) is 125 cm³/mol. The fraction of sp³-hybridized carbons (Fsp3) is 0.708. The Morgan fingerprint density at radius 1 is 1.09 bits per heavy atom. The first-order valence-corrected chi connectivity index (χ1v) is 13.5. The molecule has 0 aromatic heterocycles. The number of hydrogen-bond donors (Lipinski definition) is 1. The third-order valence-electron chi connectivity index (χ3n) is 8.03. The number of nitrogens with one attached hydrogen (secondary N) is 1. The molecular formula is C24H33N5O2S. The van der Waals surface area contributed by atoms with Gasteiger partial charge in [0.15, 0.2) is 5.84 Å². The lowest BCUT2D eigenvalue weighted by molar-refractivity contribution is -0.137. The number of rotatable bonds is 5. The van der Waals surface area contributed by atoms with Crippen LogP contribution in [0, 0.1) is 29.1 Å². The second kappa shape index (κ2) is 7.90. The van der Waals surface area contributed by atoms with E-state index >= 15 is 0 Å². The lowest BCUT2D eigenvalue weighted by atomic mass is 9.82. The second-order valence-electron chi connectivity index (χ2n) is 10.3. The van der Waals surface area contributed by atoms with Gasteiger partial charge in [0.1, 0.15) is 11.0 Å². The number of amides is 1. The minimum absolute atomic E-state index is 0.0849. The van der Waals surface area contributed by atoms with E-state index in [-0.39, 0.29) is 17.9 Å². The molecule has 172 valence electrons. The Hall–Kier alpha value is -1.80. The molecule has 3 aliphatic carbocycles. The molecular weight excluding hydrogens is 422 g/mol. The van der Waals surface area contributed by atoms with Gasteiger partial charge in [-0.1, -0.05) is 6.58 Å². The topological polar surface area (TPSA) is 80.1 Å². The normalized spacial score (nSPS) is 32.5. The van der Waals surface area contributed by atoms with Crippen molar-refractivity contribution < 1.29 is 9.00 Å². The number of amidine groups is 1. The molecule has 0 aromatic carbocycles. The van der Waals surface area contributed by atoms with Crippen LogP contribution in [-0.4, -0.2) is 74.5 Å². The van der Waals surface area contributed by atoms with Crippen LogP contribution in [0.2, 0.25) is 0 Å². The van der Waals surface area contributed by atoms with Gasteiger partial charge in [0.05, 0.1) is 11.8 Å². The van der Waals surface area contributed by atoms with E-state index in [4.69, 9.17) is 10.4 Å². The van der Waals surface area contributed by atoms with E-state index in [2.05, 4.69) is 16.4 Å². The monoisotopic (exact) mass is 455 g/mol. The lowest BCUT2D eigenvalue weighted by Gasteiger charge is -2.45. The smallest absolute Gasteiger partial charge is 0.226 e. The van der Waals surface area contributed by atoms with E-state index < -0.39 is 11.0 Å². The highest BCUT2D eigenvalue weighted by Gasteiger charge is 2.47. The Balaban J connectivity index is 1.27. The van der Waals surface area contributed by atoms with Gasteiger partial charge in [-0.3, -0.25) is 4.79 Å². The summed E-state index contributed by atoms with van der Waals surface area (Å²) in [5, 5.41) is 10.6. The Labute approximate surface area is 192 Å². The zero-order chi connectivity index (χ0) is 22.0. The molecule has 7 nitrogen and oxygen atoms in total. The molecule has 3 atom stereocenters. The van der Waals surface area contributed by atoms with Gasteiger partial charge in [-0.05, 0) is 56.4 Å². The lowest BCUT2D eigenvalue weighted by Crippen LogP contribution is -2.59. The van der Waals surface area contributed by atoms with Crippen molar-refractivity contribution >= 4 is 28.4 Å². The highest BCUT2D eigenvalue weighted by molar-refractivity contribution is 7.85. The molecule has 0 aromatic rings. The molecule has 32 heavy (non-hydrogen) atoms. The molecule has 8 heteroatoms. The zero-order valence-corrected chi connectivity index (χ0v) is 19.5. The van der Waals surface area contributed by atoms with E-state index in [0.717, 1.165) is 69.8 Å². The van der Waals surface area contributed by atoms with Gasteiger partial charge in [-0.25, -0.2) is 13.5 Å². The van der Waals surface area contributed by atoms with Gasteiger partial charge in [-0.15, -0.1) is 0 Å². The Kier molecular flexibility index (Phi) is 5.13. The van der Waals surface area contributed by atoms with Crippen molar-refractivity contribution in [1.29, 1.82) is 5.41 Å². The van der Waals surface area contributed by atoms with Crippen molar-refractivity contribution in [2.24, 2.45) is 28.7 Å². The van der Waals surface area contributed by atoms with Crippen LogP contribution in [-0.2, 0) is 15.8 Å². The summed E-state index contributed by atoms with van der Waals surface area (Å²) in [4.78, 5) is 22.5. The highest BCUT2D eigenvalue weighted by atomic mass is 32.2. The van der Waals surface area contributed by atoms with Crippen LogP contribution in [0.3, 0.4) is 0 Å². The van der Waals surface area contributed by atoms with Crippen molar-refractivity contribution in [3.63, 3.8) is 0 Å². The number of aliphatic imine (C=N–C) groups is 1. The summed E-state index contributed by atoms with van der Waals surface area (Å²) in [6.07, 6.45) is 7.68. The first-order chi connectivity index (χ1) is 15.5. The number of piperidine rings is 1. The van der Waals surface area contributed by atoms with Crippen molar-refractivity contribution in [3.8, 4) is 0 Å². The molecule has 3 aliphatic heterocycles. The number of hydrogen-bond acceptors (Lipinski definition) is 5. The van der Waals surface area contributed by atoms with Gasteiger partial charge < -0.3 is 15.2 Å². The van der Waals surface area contributed by atoms with E-state index in [1.807, 2.05) is 4.31 Å². The van der Waals surface area contributed by atoms with Crippen molar-refractivity contribution in [2.45, 2.75) is 51.0 Å². The van der Waals surface area contributed by atoms with Gasteiger partial charge in [0.25, 0.3) is 0 Å². The van der Waals surface area contributed by atoms with Crippen LogP contribution in [0.1, 0.15) is 44.9 Å². The second-order valence-corrected chi connectivity index (χ2v) is 11.7. The quantitative estimate of drug-likeness (QED) is 0.692. The van der Waals surface area contributed by atoms with Crippen molar-refractivity contribution in [3.05, 3.63) is 23.3 Å². The van der Waals surface area contributed by atoms with Crippen LogP contribution in [0.25, 0.3) is 0 Å². The number of fused-ring (bicyclic) bond motifs is 1. The van der Waals surface area contributed by atoms with E-state index in [9.17, 15) is 9.00 Å². The SMILES string of the molecule is C=CS(=O)N1CCC2C(=N)C(N3CCN(C(=O)C4CC4)C(C4CC4)C3)=NC(C3CC3)=C2C1. The molecule has 1 amide bonds. The number of carbonyl (C=O) groups is 1. The first-order valence-electron chi connectivity index (χ1n) is 12.3. The van der Waals surface area contributed by atoms with Crippen LogP contribution in [0.15, 0.2) is 28.2 Å². The number of piperazine rings is 1. The molecule has 6 aliphatic rings. The van der Waals surface area contributed by atoms with Crippen LogP contribution in [0.4, 0.5) is 0 Å². The number of carbonyl (C=O) groups excluding carboxylic acids is 1. The Bertz CT molecular complexity index is 946. The fourth-order valence-electron chi connectivity index (χ4n) is 5.74. The van der Waals surface area contributed by atoms with Gasteiger partial charge in [0.2, 0.25) is 5.91 Å². The number of nitrogens with zero attached hydrogens (tertiary/aromatic N) is 4. The molecule has 0 spiro atoms. The molecule has 6 rings (SSSR count). The standard InChI is InChI=1S/C24H33N5O2S/c1-2-32(31)28-10-9-18-19(13-28)22(16-5-6-16)26-23(21(18)25)27-11-12-29(24(30)17-7-8-17)20(14-27)15-3-4-15/h2,15-18,20,25H,1,3-14H2. The van der Waals surface area contributed by atoms with Gasteiger partial charge in [-0.2, -0.15) is 0 Å². The minimum Gasteiger partial charge on any atom is -0.351 e. The van der Waals surface area contributed by atoms with Crippen LogP contribution >= 0.6 is 0 Å². The first kappa shape index (κ1) is 20.8. The highest BCUT2D eigenvalue weighted by Crippen LogP contribution is 2.45. The number of allylic oxidation sites excluding steroid dienone is 1. The third kappa shape index (κ3) is 3.69. The summed E-state index contributed by atoms with van der Waals surface area (Å²) < 4.78 is 14.3. The largest absolute Gasteiger partial charge is 0.351 e. The maximum absolute atomic E-state index is 12.9. The molecule has 5 fully saturated rings. The van der Waals surface area contributed by atoms with Crippen LogP contribution in [0.5, 0.6) is 0 Å². The maximum Gasteiger partial charge on any atom is 0.226 e. The third-order valence-corrected chi connectivity index (χ3v) is 9.14. The molecule has 0 bridgehead atoms. The maximum atomic E-state index is 12.9. The fourth-order valence-corrected chi connectivity index (χ4v) is 6.50. The minimum atomic E-state index is -1.17. The predicted octanol–water partition coefficient (Wildman–Crippen LogP) is 2.54. The molecule has 0 radical (unpaired) electrons. The van der Waals surface area contributed by atoms with Crippen molar-refractivity contribution in [1.82, 2.24) is 14.1 Å². The van der Waals surface area contributed by atoms with Crippen molar-refractivity contribution in [2.75, 3.05) is 32.7 Å². The Morgan fingerprint density at radius 2 is 1.88 bits per heavy atom. The molecule has 1 N–H and O–H groups in total. The summed E-state index contributed by atoms with van der Waals surface area (Å²) in [5.74, 6) is 2.68. The molecule has 2 saturated heterocycles. The average molecular weight is 456 g/mol. The molecule has 3 heterocycles. The summed E-state index contributed by atoms with van der Waals surface area (Å²) in [6.45, 7) is 7.38. The van der Waals surface area contributed by atoms with Gasteiger partial charge in [0, 0.05) is 61.6 Å². The Morgan fingerprint density at radius 3 is 2.53 bits per heavy atom. The van der Waals surface area contributed by atoms with E-state index in [1.54, 1.807) is 0 Å². The van der Waals surface area contributed by atoms with Gasteiger partial charge >= 0.3 is 0 Å².